The molecule has 0 amide bonds. The zero-order valence-corrected chi connectivity index (χ0v) is 15.3. The molecule has 0 spiro atoms. The van der Waals surface area contributed by atoms with Crippen LogP contribution in [0.25, 0.3) is 11.2 Å². The summed E-state index contributed by atoms with van der Waals surface area (Å²) in [5.74, 6) is 0.631. The Balaban J connectivity index is 1.92. The van der Waals surface area contributed by atoms with E-state index in [-0.39, 0.29) is 5.82 Å². The number of hydrogen-bond donors (Lipinski definition) is 4. The second-order valence-electron chi connectivity index (χ2n) is 6.52. The van der Waals surface area contributed by atoms with Gasteiger partial charge in [0.25, 0.3) is 0 Å². The number of ether oxygens (including phenoxy) is 1. The monoisotopic (exact) mass is 386 g/mol. The number of hydrogen-bond acceptors (Lipinski definition) is 9. The molecule has 1 saturated heterocycles. The Morgan fingerprint density at radius 2 is 1.93 bits per heavy atom. The molecule has 1 fully saturated rings. The molecule has 3 heterocycles. The Morgan fingerprint density at radius 1 is 1.18 bits per heavy atom. The predicted octanol–water partition coefficient (Wildman–Crippen LogP) is 0.178. The van der Waals surface area contributed by atoms with Crippen molar-refractivity contribution in [3.63, 3.8) is 0 Å². The molecular weight excluding hydrogens is 364 g/mol. The second-order valence-corrected chi connectivity index (χ2v) is 6.52. The van der Waals surface area contributed by atoms with Gasteiger partial charge in [0.1, 0.15) is 24.6 Å². The van der Waals surface area contributed by atoms with E-state index in [1.54, 1.807) is 4.57 Å². The van der Waals surface area contributed by atoms with Crippen LogP contribution in [-0.4, -0.2) is 66.3 Å². The third-order valence-corrected chi connectivity index (χ3v) is 4.88. The van der Waals surface area contributed by atoms with Crippen molar-refractivity contribution in [2.45, 2.75) is 31.5 Å². The lowest BCUT2D eigenvalue weighted by atomic mass is 10.1. The number of aliphatic hydroxyl groups excluding tert-OH is 3. The van der Waals surface area contributed by atoms with E-state index in [1.807, 2.05) is 42.2 Å². The minimum Gasteiger partial charge on any atom is -0.394 e. The van der Waals surface area contributed by atoms with E-state index in [0.717, 1.165) is 5.69 Å². The van der Waals surface area contributed by atoms with Crippen LogP contribution in [0.1, 0.15) is 13.2 Å². The predicted molar refractivity (Wildman–Crippen MR) is 102 cm³/mol. The van der Waals surface area contributed by atoms with E-state index in [0.29, 0.717) is 23.7 Å². The number of nitrogen functional groups attached to an aromatic ring is 1. The van der Waals surface area contributed by atoms with Crippen LogP contribution >= 0.6 is 0 Å². The van der Waals surface area contributed by atoms with E-state index in [2.05, 4.69) is 15.0 Å². The highest BCUT2D eigenvalue weighted by molar-refractivity contribution is 5.85. The van der Waals surface area contributed by atoms with Gasteiger partial charge in [-0.2, -0.15) is 0 Å². The summed E-state index contributed by atoms with van der Waals surface area (Å²) in [7, 11) is 0. The van der Waals surface area contributed by atoms with Crippen LogP contribution in [0.15, 0.2) is 36.7 Å². The molecule has 0 unspecified atom stereocenters. The van der Waals surface area contributed by atoms with Crippen molar-refractivity contribution in [2.75, 3.05) is 23.8 Å². The standard InChI is InChI=1S/C18H22N6O4/c1-2-23(10-6-4-3-5-7-10)18-22-12-15(19)20-9-21-16(12)24(18)17-14(27)13(26)11(8-25)28-17/h3-7,9,11,13-14,17,25-27H,2,8H2,1H3,(H2,19,20,21)/t11-,13-,14-,17-/m1/s1. The number of aromatic nitrogens is 4. The minimum atomic E-state index is -1.28. The minimum absolute atomic E-state index is 0.195. The van der Waals surface area contributed by atoms with E-state index in [4.69, 9.17) is 10.5 Å². The van der Waals surface area contributed by atoms with Crippen molar-refractivity contribution >= 4 is 28.6 Å². The molecule has 4 rings (SSSR count). The van der Waals surface area contributed by atoms with Crippen LogP contribution in [0.2, 0.25) is 0 Å². The molecule has 5 N–H and O–H groups in total. The highest BCUT2D eigenvalue weighted by atomic mass is 16.6. The number of benzene rings is 1. The number of aliphatic hydroxyl groups is 3. The van der Waals surface area contributed by atoms with Gasteiger partial charge in [0.2, 0.25) is 5.95 Å². The summed E-state index contributed by atoms with van der Waals surface area (Å²) in [6.07, 6.45) is -3.14. The van der Waals surface area contributed by atoms with E-state index >= 15 is 0 Å². The number of para-hydroxylation sites is 1. The molecule has 0 bridgehead atoms. The fraction of sp³-hybridized carbons (Fsp3) is 0.389. The maximum Gasteiger partial charge on any atom is 0.214 e. The van der Waals surface area contributed by atoms with Gasteiger partial charge in [0.05, 0.1) is 6.61 Å². The Morgan fingerprint density at radius 3 is 2.57 bits per heavy atom. The number of fused-ring (bicyclic) bond motifs is 1. The second kappa shape index (κ2) is 7.32. The number of anilines is 3. The lowest BCUT2D eigenvalue weighted by Crippen LogP contribution is -2.33. The Hall–Kier alpha value is -2.79. The van der Waals surface area contributed by atoms with Crippen molar-refractivity contribution in [3.05, 3.63) is 36.7 Å². The molecule has 1 aliphatic heterocycles. The maximum absolute atomic E-state index is 10.6. The van der Waals surface area contributed by atoms with Gasteiger partial charge >= 0.3 is 0 Å². The van der Waals surface area contributed by atoms with Gasteiger partial charge < -0.3 is 30.7 Å². The molecule has 0 radical (unpaired) electrons. The van der Waals surface area contributed by atoms with Crippen molar-refractivity contribution in [2.24, 2.45) is 0 Å². The summed E-state index contributed by atoms with van der Waals surface area (Å²) >= 11 is 0. The molecule has 1 aliphatic rings. The summed E-state index contributed by atoms with van der Waals surface area (Å²) in [6, 6.07) is 9.59. The molecular formula is C18H22N6O4. The summed E-state index contributed by atoms with van der Waals surface area (Å²) in [4.78, 5) is 14.8. The quantitative estimate of drug-likeness (QED) is 0.483. The van der Waals surface area contributed by atoms with Gasteiger partial charge in [0.15, 0.2) is 23.2 Å². The number of imidazole rings is 1. The number of nitrogens with zero attached hydrogens (tertiary/aromatic N) is 5. The normalized spacial score (nSPS) is 24.7. The lowest BCUT2D eigenvalue weighted by molar-refractivity contribution is -0.0503. The van der Waals surface area contributed by atoms with Gasteiger partial charge in [-0.15, -0.1) is 0 Å². The Kier molecular flexibility index (Phi) is 4.85. The van der Waals surface area contributed by atoms with Crippen molar-refractivity contribution in [1.82, 2.24) is 19.5 Å². The number of rotatable bonds is 5. The van der Waals surface area contributed by atoms with Crippen LogP contribution in [0.3, 0.4) is 0 Å². The average Bonchev–Trinajstić information content (AvgIpc) is 3.22. The molecule has 10 nitrogen and oxygen atoms in total. The van der Waals surface area contributed by atoms with Crippen molar-refractivity contribution < 1.29 is 20.1 Å². The third-order valence-electron chi connectivity index (χ3n) is 4.88. The average molecular weight is 386 g/mol. The van der Waals surface area contributed by atoms with Gasteiger partial charge in [-0.25, -0.2) is 15.0 Å². The van der Waals surface area contributed by atoms with Crippen LogP contribution < -0.4 is 10.6 Å². The van der Waals surface area contributed by atoms with Crippen LogP contribution in [0.5, 0.6) is 0 Å². The molecule has 0 aliphatic carbocycles. The van der Waals surface area contributed by atoms with Gasteiger partial charge in [-0.3, -0.25) is 4.57 Å². The fourth-order valence-electron chi connectivity index (χ4n) is 3.48. The van der Waals surface area contributed by atoms with Crippen LogP contribution in [-0.2, 0) is 4.74 Å². The molecule has 10 heteroatoms. The summed E-state index contributed by atoms with van der Waals surface area (Å²) in [6.45, 7) is 2.10. The highest BCUT2D eigenvalue weighted by Gasteiger charge is 2.45. The van der Waals surface area contributed by atoms with Gasteiger partial charge in [-0.1, -0.05) is 18.2 Å². The zero-order valence-electron chi connectivity index (χ0n) is 15.3. The summed E-state index contributed by atoms with van der Waals surface area (Å²) in [5, 5.41) is 30.3. The molecule has 0 saturated carbocycles. The van der Waals surface area contributed by atoms with E-state index in [1.165, 1.54) is 6.33 Å². The zero-order chi connectivity index (χ0) is 19.8. The topological polar surface area (TPSA) is 143 Å². The molecule has 148 valence electrons. The number of nitrogens with two attached hydrogens (primary N) is 1. The van der Waals surface area contributed by atoms with Gasteiger partial charge in [0, 0.05) is 12.2 Å². The summed E-state index contributed by atoms with van der Waals surface area (Å²) in [5.41, 5.74) is 7.60. The maximum atomic E-state index is 10.6. The smallest absolute Gasteiger partial charge is 0.214 e. The largest absolute Gasteiger partial charge is 0.394 e. The van der Waals surface area contributed by atoms with E-state index in [9.17, 15) is 15.3 Å². The lowest BCUT2D eigenvalue weighted by Gasteiger charge is -2.26. The van der Waals surface area contributed by atoms with Crippen molar-refractivity contribution in [1.29, 1.82) is 0 Å². The Bertz CT molecular complexity index is 965. The molecule has 2 aromatic heterocycles. The third kappa shape index (κ3) is 2.87. The van der Waals surface area contributed by atoms with E-state index < -0.39 is 31.1 Å². The first-order valence-corrected chi connectivity index (χ1v) is 9.00. The first-order valence-electron chi connectivity index (χ1n) is 9.00. The molecule has 4 atom stereocenters. The van der Waals surface area contributed by atoms with Crippen LogP contribution in [0, 0.1) is 0 Å². The first-order chi connectivity index (χ1) is 13.6. The summed E-state index contributed by atoms with van der Waals surface area (Å²) < 4.78 is 7.33. The Labute approximate surface area is 160 Å². The highest BCUT2D eigenvalue weighted by Crippen LogP contribution is 2.37. The van der Waals surface area contributed by atoms with Crippen LogP contribution in [0.4, 0.5) is 17.5 Å². The fourth-order valence-corrected chi connectivity index (χ4v) is 3.48. The molecule has 28 heavy (non-hydrogen) atoms. The van der Waals surface area contributed by atoms with Crippen molar-refractivity contribution in [3.8, 4) is 0 Å². The molecule has 3 aromatic rings. The van der Waals surface area contributed by atoms with Gasteiger partial charge in [-0.05, 0) is 19.1 Å². The SMILES string of the molecule is CCN(c1ccccc1)c1nc2c(N)ncnc2n1[C@@H]1O[C@H](CO)[C@@H](O)[C@H]1O. The first kappa shape index (κ1) is 18.6. The molecule has 1 aromatic carbocycles.